The van der Waals surface area contributed by atoms with E-state index < -0.39 is 17.8 Å². The number of ether oxygens (including phenoxy) is 1. The van der Waals surface area contributed by atoms with E-state index >= 15 is 0 Å². The highest BCUT2D eigenvalue weighted by Crippen LogP contribution is 2.36. The predicted octanol–water partition coefficient (Wildman–Crippen LogP) is 5.52. The number of hydrogen-bond donors (Lipinski definition) is 0. The van der Waals surface area contributed by atoms with Crippen molar-refractivity contribution in [1.82, 2.24) is 0 Å². The predicted molar refractivity (Wildman–Crippen MR) is 74.9 cm³/mol. The summed E-state index contributed by atoms with van der Waals surface area (Å²) in [4.78, 5) is 0. The van der Waals surface area contributed by atoms with Gasteiger partial charge in [0.1, 0.15) is 11.6 Å². The van der Waals surface area contributed by atoms with Crippen LogP contribution in [0.15, 0.2) is 46.9 Å². The van der Waals surface area contributed by atoms with Gasteiger partial charge < -0.3 is 4.74 Å². The Hall–Kier alpha value is -1.20. The molecule has 2 rings (SSSR count). The average Bonchev–Trinajstić information content (AvgIpc) is 2.41. The van der Waals surface area contributed by atoms with Crippen molar-refractivity contribution in [3.63, 3.8) is 0 Å². The average molecular weight is 366 g/mol. The van der Waals surface area contributed by atoms with Crippen molar-refractivity contribution in [1.29, 1.82) is 0 Å². The first kappa shape index (κ1) is 15.2. The molecule has 106 valence electrons. The van der Waals surface area contributed by atoms with Gasteiger partial charge in [0, 0.05) is 5.56 Å². The van der Waals surface area contributed by atoms with Crippen LogP contribution in [0.25, 0.3) is 0 Å². The Morgan fingerprint density at radius 2 is 1.80 bits per heavy atom. The molecule has 0 saturated heterocycles. The number of benzene rings is 2. The monoisotopic (exact) mass is 364 g/mol. The lowest BCUT2D eigenvalue weighted by atomic mass is 10.0. The Balaban J connectivity index is 2.37. The summed E-state index contributed by atoms with van der Waals surface area (Å²) >= 11 is 9.34. The first-order chi connectivity index (χ1) is 9.49. The highest BCUT2D eigenvalue weighted by Gasteiger charge is 2.18. The van der Waals surface area contributed by atoms with Crippen LogP contribution in [-0.2, 0) is 0 Å². The molecule has 0 amide bonds. The fourth-order valence-corrected chi connectivity index (χ4v) is 2.46. The minimum Gasteiger partial charge on any atom is -0.434 e. The summed E-state index contributed by atoms with van der Waals surface area (Å²) in [6.07, 6.45) is 0. The van der Waals surface area contributed by atoms with Gasteiger partial charge in [0.15, 0.2) is 0 Å². The Bertz CT molecular complexity index is 607. The van der Waals surface area contributed by atoms with Crippen molar-refractivity contribution in [3.05, 3.63) is 63.9 Å². The van der Waals surface area contributed by atoms with Gasteiger partial charge in [-0.3, -0.25) is 0 Å². The van der Waals surface area contributed by atoms with E-state index in [2.05, 4.69) is 20.7 Å². The van der Waals surface area contributed by atoms with Crippen LogP contribution < -0.4 is 4.74 Å². The van der Waals surface area contributed by atoms with Crippen LogP contribution in [0.3, 0.4) is 0 Å². The Kier molecular flexibility index (Phi) is 4.94. The second-order valence-electron chi connectivity index (χ2n) is 3.95. The van der Waals surface area contributed by atoms with Gasteiger partial charge in [-0.25, -0.2) is 4.39 Å². The van der Waals surface area contributed by atoms with Gasteiger partial charge in [-0.1, -0.05) is 24.3 Å². The van der Waals surface area contributed by atoms with Crippen molar-refractivity contribution < 1.29 is 17.9 Å². The van der Waals surface area contributed by atoms with Crippen molar-refractivity contribution in [2.75, 3.05) is 0 Å². The molecule has 0 spiro atoms. The fraction of sp³-hybridized carbons (Fsp3) is 0.143. The van der Waals surface area contributed by atoms with Crippen LogP contribution in [0, 0.1) is 5.82 Å². The maximum atomic E-state index is 13.2. The van der Waals surface area contributed by atoms with Gasteiger partial charge in [-0.15, -0.1) is 11.6 Å². The summed E-state index contributed by atoms with van der Waals surface area (Å²) in [6.45, 7) is -2.93. The number of para-hydroxylation sites is 1. The molecule has 2 aromatic carbocycles. The van der Waals surface area contributed by atoms with Gasteiger partial charge in [0.25, 0.3) is 0 Å². The molecule has 0 aliphatic carbocycles. The molecule has 0 radical (unpaired) electrons. The first-order valence-corrected chi connectivity index (χ1v) is 6.84. The molecule has 0 N–H and O–H groups in total. The largest absolute Gasteiger partial charge is 0.434 e. The molecule has 1 unspecified atom stereocenters. The zero-order chi connectivity index (χ0) is 14.7. The van der Waals surface area contributed by atoms with Crippen molar-refractivity contribution in [3.8, 4) is 5.75 Å². The summed E-state index contributed by atoms with van der Waals surface area (Å²) in [6, 6.07) is 10.5. The molecule has 0 aliphatic heterocycles. The molecule has 6 heteroatoms. The van der Waals surface area contributed by atoms with Crippen LogP contribution in [0.1, 0.15) is 16.5 Å². The van der Waals surface area contributed by atoms with E-state index in [0.29, 0.717) is 11.1 Å². The SMILES string of the molecule is Fc1ccc(C(Cl)c2ccccc2OC(F)F)cc1Br. The molecule has 0 heterocycles. The molecule has 20 heavy (non-hydrogen) atoms. The lowest BCUT2D eigenvalue weighted by Gasteiger charge is -2.15. The molecular weight excluding hydrogens is 357 g/mol. The van der Waals surface area contributed by atoms with Crippen LogP contribution in [0.5, 0.6) is 5.75 Å². The van der Waals surface area contributed by atoms with Gasteiger partial charge in [-0.05, 0) is 39.7 Å². The van der Waals surface area contributed by atoms with Crippen LogP contribution in [-0.4, -0.2) is 6.61 Å². The number of hydrogen-bond acceptors (Lipinski definition) is 1. The molecular formula is C14H9BrClF3O. The van der Waals surface area contributed by atoms with Gasteiger partial charge in [-0.2, -0.15) is 8.78 Å². The van der Waals surface area contributed by atoms with E-state index in [1.165, 1.54) is 24.3 Å². The summed E-state index contributed by atoms with van der Waals surface area (Å²) in [5.74, 6) is -0.419. The number of halogens is 5. The van der Waals surface area contributed by atoms with Crippen LogP contribution in [0.4, 0.5) is 13.2 Å². The second kappa shape index (κ2) is 6.50. The number of alkyl halides is 3. The third kappa shape index (κ3) is 3.46. The van der Waals surface area contributed by atoms with E-state index in [-0.39, 0.29) is 10.2 Å². The van der Waals surface area contributed by atoms with Crippen molar-refractivity contribution in [2.45, 2.75) is 12.0 Å². The second-order valence-corrected chi connectivity index (χ2v) is 5.24. The lowest BCUT2D eigenvalue weighted by molar-refractivity contribution is -0.0504. The molecule has 1 atom stereocenters. The van der Waals surface area contributed by atoms with Gasteiger partial charge in [0.2, 0.25) is 0 Å². The zero-order valence-corrected chi connectivity index (χ0v) is 12.3. The van der Waals surface area contributed by atoms with Gasteiger partial charge >= 0.3 is 6.61 Å². The summed E-state index contributed by atoms with van der Waals surface area (Å²) < 4.78 is 42.6. The van der Waals surface area contributed by atoms with E-state index in [4.69, 9.17) is 11.6 Å². The summed E-state index contributed by atoms with van der Waals surface area (Å²) in [5, 5.41) is -0.721. The van der Waals surface area contributed by atoms with Gasteiger partial charge in [0.05, 0.1) is 9.85 Å². The van der Waals surface area contributed by atoms with E-state index in [1.807, 2.05) is 0 Å². The topological polar surface area (TPSA) is 9.23 Å². The summed E-state index contributed by atoms with van der Waals surface area (Å²) in [7, 11) is 0. The smallest absolute Gasteiger partial charge is 0.387 e. The highest BCUT2D eigenvalue weighted by molar-refractivity contribution is 9.10. The molecule has 0 aromatic heterocycles. The van der Waals surface area contributed by atoms with E-state index in [0.717, 1.165) is 0 Å². The fourth-order valence-electron chi connectivity index (χ4n) is 1.74. The highest BCUT2D eigenvalue weighted by atomic mass is 79.9. The standard InChI is InChI=1S/C14H9BrClF3O/c15-10-7-8(5-6-11(10)17)13(16)9-3-1-2-4-12(9)20-14(18)19/h1-7,13-14H. The van der Waals surface area contributed by atoms with Crippen molar-refractivity contribution in [2.24, 2.45) is 0 Å². The molecule has 0 aliphatic rings. The van der Waals surface area contributed by atoms with Crippen LogP contribution >= 0.6 is 27.5 Å². The third-order valence-electron chi connectivity index (χ3n) is 2.64. The minimum absolute atomic E-state index is 0.00273. The first-order valence-electron chi connectivity index (χ1n) is 5.62. The molecule has 2 aromatic rings. The van der Waals surface area contributed by atoms with Crippen molar-refractivity contribution >= 4 is 27.5 Å². The third-order valence-corrected chi connectivity index (χ3v) is 3.74. The zero-order valence-electron chi connectivity index (χ0n) is 9.99. The minimum atomic E-state index is -2.93. The Labute approximate surface area is 127 Å². The maximum Gasteiger partial charge on any atom is 0.387 e. The normalized spacial score (nSPS) is 12.5. The van der Waals surface area contributed by atoms with Crippen LogP contribution in [0.2, 0.25) is 0 Å². The molecule has 0 bridgehead atoms. The molecule has 0 saturated carbocycles. The number of rotatable bonds is 4. The maximum absolute atomic E-state index is 13.2. The van der Waals surface area contributed by atoms with E-state index in [9.17, 15) is 13.2 Å². The summed E-state index contributed by atoms with van der Waals surface area (Å²) in [5.41, 5.74) is 0.971. The quantitative estimate of drug-likeness (QED) is 0.648. The molecule has 0 fully saturated rings. The lowest BCUT2D eigenvalue weighted by Crippen LogP contribution is -2.06. The van der Waals surface area contributed by atoms with E-state index in [1.54, 1.807) is 18.2 Å². The Morgan fingerprint density at radius 3 is 2.45 bits per heavy atom. The molecule has 1 nitrogen and oxygen atoms in total. The Morgan fingerprint density at radius 1 is 1.10 bits per heavy atom.